The molecule has 1 aliphatic heterocycles. The van der Waals surface area contributed by atoms with Gasteiger partial charge in [-0.2, -0.15) is 0 Å². The molecule has 8 heteroatoms. The van der Waals surface area contributed by atoms with Crippen LogP contribution in [-0.2, 0) is 6.54 Å². The van der Waals surface area contributed by atoms with Gasteiger partial charge in [0.2, 0.25) is 0 Å². The van der Waals surface area contributed by atoms with Crippen LogP contribution in [0.4, 0.5) is 15.8 Å². The smallest absolute Gasteiger partial charge is 0.198 e. The van der Waals surface area contributed by atoms with Crippen molar-refractivity contribution in [3.8, 4) is 11.5 Å². The number of nitrogens with zero attached hydrogens (tertiary/aromatic N) is 3. The van der Waals surface area contributed by atoms with E-state index in [1.54, 1.807) is 37.4 Å². The molecular formula is C25H26BrFN4O2. The van der Waals surface area contributed by atoms with Gasteiger partial charge in [-0.15, -0.1) is 0 Å². The molecule has 4 rings (SSSR count). The van der Waals surface area contributed by atoms with Crippen LogP contribution < -0.4 is 15.0 Å². The van der Waals surface area contributed by atoms with Crippen LogP contribution in [0, 0.1) is 5.82 Å². The first-order chi connectivity index (χ1) is 16.0. The molecule has 6 nitrogen and oxygen atoms in total. The average molecular weight is 513 g/mol. The quantitative estimate of drug-likeness (QED) is 0.368. The summed E-state index contributed by atoms with van der Waals surface area (Å²) < 4.78 is 20.4. The van der Waals surface area contributed by atoms with Gasteiger partial charge in [0.15, 0.2) is 5.96 Å². The van der Waals surface area contributed by atoms with Gasteiger partial charge in [-0.05, 0) is 42.5 Å². The standard InChI is InChI=1S/C25H26BrFN4O2/c1-33-23-7-3-5-21(16-23)30-10-12-31(13-11-30)25(29-20-4-2-6-22(32)15-20)28-17-18-14-19(26)8-9-24(18)27/h2-9,14-16,32H,10-13,17H2,1H3,(H,28,29). The fourth-order valence-electron chi connectivity index (χ4n) is 3.74. The molecular weight excluding hydrogens is 487 g/mol. The lowest BCUT2D eigenvalue weighted by molar-refractivity contribution is 0.382. The van der Waals surface area contributed by atoms with Gasteiger partial charge in [0.1, 0.15) is 17.3 Å². The van der Waals surface area contributed by atoms with Gasteiger partial charge in [-0.1, -0.05) is 28.1 Å². The first-order valence-corrected chi connectivity index (χ1v) is 11.5. The molecule has 0 saturated carbocycles. The highest BCUT2D eigenvalue weighted by atomic mass is 79.9. The molecule has 0 aromatic heterocycles. The maximum atomic E-state index is 14.3. The van der Waals surface area contributed by atoms with Crippen LogP contribution in [0.5, 0.6) is 11.5 Å². The highest BCUT2D eigenvalue weighted by Crippen LogP contribution is 2.23. The Morgan fingerprint density at radius 2 is 1.85 bits per heavy atom. The molecule has 1 aliphatic rings. The van der Waals surface area contributed by atoms with Gasteiger partial charge in [-0.25, -0.2) is 9.38 Å². The van der Waals surface area contributed by atoms with Crippen LogP contribution in [0.1, 0.15) is 5.56 Å². The predicted molar refractivity (Wildman–Crippen MR) is 134 cm³/mol. The van der Waals surface area contributed by atoms with Crippen molar-refractivity contribution in [3.63, 3.8) is 0 Å². The van der Waals surface area contributed by atoms with Gasteiger partial charge in [-0.3, -0.25) is 0 Å². The van der Waals surface area contributed by atoms with Gasteiger partial charge in [0.25, 0.3) is 0 Å². The maximum absolute atomic E-state index is 14.3. The molecule has 3 aromatic rings. The number of anilines is 2. The van der Waals surface area contributed by atoms with E-state index in [2.05, 4.69) is 37.1 Å². The number of guanidine groups is 1. The molecule has 0 atom stereocenters. The Morgan fingerprint density at radius 3 is 2.61 bits per heavy atom. The molecule has 172 valence electrons. The fourth-order valence-corrected chi connectivity index (χ4v) is 4.15. The van der Waals surface area contributed by atoms with Crippen molar-refractivity contribution in [2.24, 2.45) is 4.99 Å². The normalized spacial score (nSPS) is 14.3. The number of ether oxygens (including phenoxy) is 1. The second kappa shape index (κ2) is 10.6. The van der Waals surface area contributed by atoms with Crippen molar-refractivity contribution in [1.29, 1.82) is 0 Å². The maximum Gasteiger partial charge on any atom is 0.198 e. The molecule has 0 unspecified atom stereocenters. The number of phenols is 1. The molecule has 1 saturated heterocycles. The number of hydrogen-bond donors (Lipinski definition) is 2. The van der Waals surface area contributed by atoms with E-state index in [9.17, 15) is 9.50 Å². The molecule has 0 bridgehead atoms. The zero-order valence-corrected chi connectivity index (χ0v) is 19.9. The van der Waals surface area contributed by atoms with Gasteiger partial charge in [0.05, 0.1) is 13.7 Å². The fraction of sp³-hybridized carbons (Fsp3) is 0.240. The average Bonchev–Trinajstić information content (AvgIpc) is 2.84. The Bertz CT molecular complexity index is 1130. The van der Waals surface area contributed by atoms with Crippen LogP contribution >= 0.6 is 15.9 Å². The molecule has 0 amide bonds. The number of piperazine rings is 1. The lowest BCUT2D eigenvalue weighted by Crippen LogP contribution is -2.50. The van der Waals surface area contributed by atoms with Crippen LogP contribution in [0.25, 0.3) is 0 Å². The number of benzene rings is 3. The summed E-state index contributed by atoms with van der Waals surface area (Å²) in [5.41, 5.74) is 2.35. The lowest BCUT2D eigenvalue weighted by Gasteiger charge is -2.38. The second-order valence-electron chi connectivity index (χ2n) is 7.73. The zero-order valence-electron chi connectivity index (χ0n) is 18.3. The Labute approximate surface area is 201 Å². The van der Waals surface area contributed by atoms with Crippen LogP contribution in [0.2, 0.25) is 0 Å². The molecule has 2 N–H and O–H groups in total. The number of hydrogen-bond acceptors (Lipinski definition) is 4. The van der Waals surface area contributed by atoms with Crippen molar-refractivity contribution in [2.75, 3.05) is 43.5 Å². The Morgan fingerprint density at radius 1 is 1.06 bits per heavy atom. The highest BCUT2D eigenvalue weighted by molar-refractivity contribution is 9.10. The molecule has 0 aliphatic carbocycles. The first-order valence-electron chi connectivity index (χ1n) is 10.7. The number of halogens is 2. The van der Waals surface area contributed by atoms with E-state index in [4.69, 9.17) is 9.73 Å². The minimum Gasteiger partial charge on any atom is -0.508 e. The van der Waals surface area contributed by atoms with Crippen molar-refractivity contribution in [1.82, 2.24) is 4.90 Å². The van der Waals surface area contributed by atoms with Crippen molar-refractivity contribution >= 4 is 33.3 Å². The summed E-state index contributed by atoms with van der Waals surface area (Å²) in [6.07, 6.45) is 0. The highest BCUT2D eigenvalue weighted by Gasteiger charge is 2.21. The Kier molecular flexibility index (Phi) is 7.34. The largest absolute Gasteiger partial charge is 0.508 e. The molecule has 1 fully saturated rings. The van der Waals surface area contributed by atoms with Crippen molar-refractivity contribution in [3.05, 3.63) is 82.6 Å². The van der Waals surface area contributed by atoms with E-state index in [1.165, 1.54) is 6.07 Å². The van der Waals surface area contributed by atoms with Gasteiger partial charge >= 0.3 is 0 Å². The molecule has 0 radical (unpaired) electrons. The van der Waals surface area contributed by atoms with Crippen molar-refractivity contribution < 1.29 is 14.2 Å². The van der Waals surface area contributed by atoms with E-state index < -0.39 is 0 Å². The van der Waals surface area contributed by atoms with E-state index in [1.807, 2.05) is 24.3 Å². The molecule has 33 heavy (non-hydrogen) atoms. The summed E-state index contributed by atoms with van der Waals surface area (Å²) in [5, 5.41) is 13.2. The first kappa shape index (κ1) is 22.9. The van der Waals surface area contributed by atoms with Gasteiger partial charge in [0, 0.05) is 59.7 Å². The number of aromatic hydroxyl groups is 1. The summed E-state index contributed by atoms with van der Waals surface area (Å²) >= 11 is 3.40. The summed E-state index contributed by atoms with van der Waals surface area (Å²) in [7, 11) is 1.67. The third-order valence-electron chi connectivity index (χ3n) is 5.51. The summed E-state index contributed by atoms with van der Waals surface area (Å²) in [6.45, 7) is 3.28. The van der Waals surface area contributed by atoms with Crippen LogP contribution in [0.15, 0.2) is 76.2 Å². The number of nitrogens with one attached hydrogen (secondary N) is 1. The zero-order chi connectivity index (χ0) is 23.2. The Balaban J connectivity index is 1.52. The second-order valence-corrected chi connectivity index (χ2v) is 8.64. The van der Waals surface area contributed by atoms with E-state index in [-0.39, 0.29) is 18.1 Å². The van der Waals surface area contributed by atoms with E-state index in [0.717, 1.165) is 47.8 Å². The number of aliphatic imine (C=N–C) groups is 1. The molecule has 3 aromatic carbocycles. The SMILES string of the molecule is COc1cccc(N2CCN(C(=NCc3cc(Br)ccc3F)Nc3cccc(O)c3)CC2)c1. The number of rotatable bonds is 5. The number of phenolic OH excluding ortho intramolecular Hbond substituents is 1. The van der Waals surface area contributed by atoms with Crippen molar-refractivity contribution in [2.45, 2.75) is 6.54 Å². The summed E-state index contributed by atoms with van der Waals surface area (Å²) in [6, 6.07) is 19.8. The minimum absolute atomic E-state index is 0.167. The lowest BCUT2D eigenvalue weighted by atomic mass is 10.2. The van der Waals surface area contributed by atoms with Crippen LogP contribution in [0.3, 0.4) is 0 Å². The summed E-state index contributed by atoms with van der Waals surface area (Å²) in [4.78, 5) is 9.17. The molecule has 0 spiro atoms. The third-order valence-corrected chi connectivity index (χ3v) is 6.00. The van der Waals surface area contributed by atoms with Crippen LogP contribution in [-0.4, -0.2) is 49.3 Å². The van der Waals surface area contributed by atoms with E-state index >= 15 is 0 Å². The minimum atomic E-state index is -0.290. The molecule has 1 heterocycles. The third kappa shape index (κ3) is 5.96. The monoisotopic (exact) mass is 512 g/mol. The topological polar surface area (TPSA) is 60.3 Å². The predicted octanol–water partition coefficient (Wildman–Crippen LogP) is 5.09. The van der Waals surface area contributed by atoms with Gasteiger partial charge < -0.3 is 25.0 Å². The Hall–Kier alpha value is -3.26. The number of methoxy groups -OCH3 is 1. The summed E-state index contributed by atoms with van der Waals surface area (Å²) in [5.74, 6) is 1.35. The van der Waals surface area contributed by atoms with E-state index in [0.29, 0.717) is 11.5 Å².